The predicted octanol–water partition coefficient (Wildman–Crippen LogP) is 13.3. The molecule has 0 fully saturated rings. The molecule has 0 aliphatic carbocycles. The normalized spacial score (nSPS) is 12.0. The first-order chi connectivity index (χ1) is 22.2. The second-order valence-electron chi connectivity index (χ2n) is 11.8. The summed E-state index contributed by atoms with van der Waals surface area (Å²) in [4.78, 5) is 0. The Labute approximate surface area is 267 Å². The van der Waals surface area contributed by atoms with Gasteiger partial charge in [0.05, 0.1) is 15.7 Å². The first-order valence-electron chi connectivity index (χ1n) is 15.1. The molecule has 7 aromatic carbocycles. The maximum absolute atomic E-state index is 5.50. The summed E-state index contributed by atoms with van der Waals surface area (Å²) < 4.78 is 11.1. The van der Waals surface area contributed by atoms with E-state index in [1.165, 1.54) is 84.5 Å². The Morgan fingerprint density at radius 1 is 0.356 bits per heavy atom. The van der Waals surface area contributed by atoms with Crippen LogP contribution >= 0.6 is 22.7 Å². The lowest BCUT2D eigenvalue weighted by Gasteiger charge is -2.08. The van der Waals surface area contributed by atoms with Crippen LogP contribution in [0.5, 0.6) is 0 Å². The summed E-state index contributed by atoms with van der Waals surface area (Å²) in [7, 11) is 0. The van der Waals surface area contributed by atoms with Crippen LogP contribution < -0.4 is 0 Å². The molecule has 0 saturated carbocycles. The zero-order chi connectivity index (χ0) is 29.5. The zero-order valence-corrected chi connectivity index (χ0v) is 25.7. The van der Waals surface area contributed by atoms with Crippen molar-refractivity contribution in [2.24, 2.45) is 0 Å². The van der Waals surface area contributed by atoms with E-state index in [-0.39, 0.29) is 0 Å². The summed E-state index contributed by atoms with van der Waals surface area (Å²) in [5.74, 6) is 0. The molecule has 0 bridgehead atoms. The highest BCUT2D eigenvalue weighted by molar-refractivity contribution is 7.36. The van der Waals surface area contributed by atoms with Crippen LogP contribution in [-0.4, -0.2) is 0 Å². The third kappa shape index (κ3) is 4.05. The molecule has 210 valence electrons. The first-order valence-corrected chi connectivity index (χ1v) is 16.8. The molecule has 10 aromatic rings. The highest BCUT2D eigenvalue weighted by Crippen LogP contribution is 2.46. The number of fused-ring (bicyclic) bond motifs is 8. The van der Waals surface area contributed by atoms with Gasteiger partial charge in [-0.05, 0) is 103 Å². The average molecular weight is 609 g/mol. The highest BCUT2D eigenvalue weighted by Gasteiger charge is 2.14. The summed E-state index contributed by atoms with van der Waals surface area (Å²) in [6, 6.07) is 51.2. The third-order valence-corrected chi connectivity index (χ3v) is 11.6. The van der Waals surface area contributed by atoms with E-state index in [1.807, 2.05) is 34.8 Å². The van der Waals surface area contributed by atoms with Gasteiger partial charge in [-0.15, -0.1) is 22.7 Å². The number of thiophene rings is 2. The fourth-order valence-corrected chi connectivity index (χ4v) is 9.42. The van der Waals surface area contributed by atoms with Crippen molar-refractivity contribution in [3.63, 3.8) is 0 Å². The van der Waals surface area contributed by atoms with E-state index in [2.05, 4.69) is 127 Å². The molecule has 0 atom stereocenters. The molecule has 3 aromatic heterocycles. The minimum absolute atomic E-state index is 0.920. The molecule has 0 saturated heterocycles. The Morgan fingerprint density at radius 3 is 1.44 bits per heavy atom. The molecule has 45 heavy (non-hydrogen) atoms. The molecular formula is C42H24OS2. The summed E-state index contributed by atoms with van der Waals surface area (Å²) in [5.41, 5.74) is 8.23. The maximum atomic E-state index is 5.50. The van der Waals surface area contributed by atoms with Crippen LogP contribution in [0.1, 0.15) is 0 Å². The molecule has 0 aliphatic rings. The van der Waals surface area contributed by atoms with Crippen molar-refractivity contribution in [1.29, 1.82) is 0 Å². The topological polar surface area (TPSA) is 13.1 Å². The van der Waals surface area contributed by atoms with Gasteiger partial charge in [0.2, 0.25) is 0 Å². The standard InChI is InChI=1S/C42H24OS2/c1-2-4-30-23-39-36(21-29(30)3-1)41-42(44-39)37-22-35-20-31(13-14-33(35)24-40(37)45-41)27-9-5-25(6-10-27)26-7-11-28(12-8-26)32-15-16-38-34(19-32)17-18-43-38/h1-24H. The summed E-state index contributed by atoms with van der Waals surface area (Å²) in [5, 5.41) is 9.07. The number of hydrogen-bond donors (Lipinski definition) is 0. The molecular weight excluding hydrogens is 585 g/mol. The number of rotatable bonds is 3. The summed E-state index contributed by atoms with van der Waals surface area (Å²) in [6.45, 7) is 0. The van der Waals surface area contributed by atoms with E-state index < -0.39 is 0 Å². The van der Waals surface area contributed by atoms with Crippen molar-refractivity contribution >= 4 is 84.8 Å². The van der Waals surface area contributed by atoms with Crippen molar-refractivity contribution in [2.45, 2.75) is 0 Å². The van der Waals surface area contributed by atoms with Crippen LogP contribution in [-0.2, 0) is 0 Å². The van der Waals surface area contributed by atoms with Crippen LogP contribution in [0.2, 0.25) is 0 Å². The number of hydrogen-bond acceptors (Lipinski definition) is 3. The Kier molecular flexibility index (Phi) is 5.39. The lowest BCUT2D eigenvalue weighted by molar-refractivity contribution is 0.616. The van der Waals surface area contributed by atoms with Crippen LogP contribution in [0.15, 0.2) is 150 Å². The van der Waals surface area contributed by atoms with Gasteiger partial charge in [-0.3, -0.25) is 0 Å². The van der Waals surface area contributed by atoms with E-state index in [4.69, 9.17) is 4.42 Å². The van der Waals surface area contributed by atoms with Gasteiger partial charge >= 0.3 is 0 Å². The van der Waals surface area contributed by atoms with Crippen molar-refractivity contribution in [2.75, 3.05) is 0 Å². The lowest BCUT2D eigenvalue weighted by atomic mass is 9.96. The Morgan fingerprint density at radius 2 is 0.822 bits per heavy atom. The average Bonchev–Trinajstić information content (AvgIpc) is 3.80. The second kappa shape index (κ2) is 9.64. The smallest absolute Gasteiger partial charge is 0.133 e. The molecule has 0 radical (unpaired) electrons. The van der Waals surface area contributed by atoms with E-state index in [9.17, 15) is 0 Å². The van der Waals surface area contributed by atoms with Crippen LogP contribution in [0, 0.1) is 0 Å². The van der Waals surface area contributed by atoms with Gasteiger partial charge in [0.15, 0.2) is 0 Å². The molecule has 3 heterocycles. The second-order valence-corrected chi connectivity index (χ2v) is 13.9. The fourth-order valence-electron chi connectivity index (χ4n) is 6.72. The molecule has 0 spiro atoms. The number of furan rings is 1. The number of benzene rings is 7. The molecule has 1 nitrogen and oxygen atoms in total. The van der Waals surface area contributed by atoms with Crippen LogP contribution in [0.25, 0.3) is 95.5 Å². The summed E-state index contributed by atoms with van der Waals surface area (Å²) >= 11 is 3.86. The summed E-state index contributed by atoms with van der Waals surface area (Å²) in [6.07, 6.45) is 1.74. The monoisotopic (exact) mass is 608 g/mol. The zero-order valence-electron chi connectivity index (χ0n) is 24.1. The van der Waals surface area contributed by atoms with Crippen molar-refractivity contribution in [3.05, 3.63) is 146 Å². The molecule has 0 aliphatic heterocycles. The molecule has 3 heteroatoms. The van der Waals surface area contributed by atoms with Crippen LogP contribution in [0.3, 0.4) is 0 Å². The molecule has 0 unspecified atom stereocenters. The predicted molar refractivity (Wildman–Crippen MR) is 196 cm³/mol. The maximum Gasteiger partial charge on any atom is 0.133 e. The van der Waals surface area contributed by atoms with Gasteiger partial charge in [-0.1, -0.05) is 91.0 Å². The molecule has 10 rings (SSSR count). The van der Waals surface area contributed by atoms with Crippen molar-refractivity contribution in [3.8, 4) is 33.4 Å². The van der Waals surface area contributed by atoms with E-state index in [1.54, 1.807) is 6.26 Å². The van der Waals surface area contributed by atoms with E-state index in [0.717, 1.165) is 11.0 Å². The van der Waals surface area contributed by atoms with Gasteiger partial charge in [-0.25, -0.2) is 0 Å². The van der Waals surface area contributed by atoms with E-state index in [0.29, 0.717) is 0 Å². The fraction of sp³-hybridized carbons (Fsp3) is 0. The van der Waals surface area contributed by atoms with Gasteiger partial charge in [0.1, 0.15) is 5.58 Å². The lowest BCUT2D eigenvalue weighted by Crippen LogP contribution is -1.83. The first kappa shape index (κ1) is 25.1. The minimum Gasteiger partial charge on any atom is -0.464 e. The molecule has 0 amide bonds. The highest BCUT2D eigenvalue weighted by atomic mass is 32.1. The van der Waals surface area contributed by atoms with Gasteiger partial charge in [-0.2, -0.15) is 0 Å². The van der Waals surface area contributed by atoms with Gasteiger partial charge in [0.25, 0.3) is 0 Å². The Balaban J connectivity index is 0.984. The minimum atomic E-state index is 0.920. The Hall–Kier alpha value is -5.22. The van der Waals surface area contributed by atoms with E-state index >= 15 is 0 Å². The van der Waals surface area contributed by atoms with Crippen molar-refractivity contribution < 1.29 is 4.42 Å². The van der Waals surface area contributed by atoms with Crippen LogP contribution in [0.4, 0.5) is 0 Å². The van der Waals surface area contributed by atoms with Gasteiger partial charge in [0, 0.05) is 25.6 Å². The quantitative estimate of drug-likeness (QED) is 0.194. The Bertz CT molecular complexity index is 2740. The largest absolute Gasteiger partial charge is 0.464 e. The molecule has 0 N–H and O–H groups in total. The van der Waals surface area contributed by atoms with Crippen molar-refractivity contribution in [1.82, 2.24) is 0 Å². The van der Waals surface area contributed by atoms with Gasteiger partial charge < -0.3 is 4.42 Å². The SMILES string of the molecule is c1ccc2cc3c(cc2c1)sc1c2cc4cc(-c5ccc(-c6ccc(-c7ccc8occc8c7)cc6)cc5)ccc4cc2sc31. The third-order valence-electron chi connectivity index (χ3n) is 9.13.